The second-order valence-corrected chi connectivity index (χ2v) is 6.81. The van der Waals surface area contributed by atoms with Crippen LogP contribution in [0.3, 0.4) is 0 Å². The third-order valence-electron chi connectivity index (χ3n) is 3.60. The Morgan fingerprint density at radius 1 is 1.28 bits per heavy atom. The minimum atomic E-state index is -0.983. The van der Waals surface area contributed by atoms with Crippen LogP contribution >= 0.6 is 15.9 Å². The molecule has 0 N–H and O–H groups in total. The fourth-order valence-electron chi connectivity index (χ4n) is 2.15. The molecule has 0 heterocycles. The van der Waals surface area contributed by atoms with E-state index in [1.807, 2.05) is 0 Å². The number of carbonyl (C=O) groups excluding carboxylic acids is 1. The van der Waals surface area contributed by atoms with E-state index in [-0.39, 0.29) is 30.6 Å². The average Bonchev–Trinajstić information content (AvgIpc) is 3.16. The molecule has 0 aliphatic heterocycles. The third-order valence-corrected chi connectivity index (χ3v) is 4.79. The van der Waals surface area contributed by atoms with Gasteiger partial charge in [0.15, 0.2) is 0 Å². The van der Waals surface area contributed by atoms with E-state index in [1.165, 1.54) is 0 Å². The molecule has 1 fully saturated rings. The number of Topliss-reactive ketones (excluding diaryl/α,β-unsaturated/α-hetero) is 1. The summed E-state index contributed by atoms with van der Waals surface area (Å²) in [6.07, 6.45) is 6.70. The molecule has 1 rings (SSSR count). The Morgan fingerprint density at radius 3 is 2.06 bits per heavy atom. The van der Waals surface area contributed by atoms with Gasteiger partial charge in [0.1, 0.15) is 5.78 Å². The first kappa shape index (κ1) is 18.7. The molecular weight excluding hydrogens is 287 g/mol. The monoisotopic (exact) mass is 310 g/mol. The van der Waals surface area contributed by atoms with E-state index in [0.717, 1.165) is 51.4 Å². The topological polar surface area (TPSA) is 40.1 Å². The van der Waals surface area contributed by atoms with Crippen molar-refractivity contribution < 1.29 is 28.8 Å². The van der Waals surface area contributed by atoms with Crippen molar-refractivity contribution in [2.24, 2.45) is 5.92 Å². The fraction of sp³-hybridized carbons (Fsp3) is 0.929. The molecule has 2 nitrogen and oxygen atoms in total. The van der Waals surface area contributed by atoms with E-state index in [4.69, 9.17) is 0 Å². The van der Waals surface area contributed by atoms with Gasteiger partial charge >= 0.3 is 18.9 Å². The Labute approximate surface area is 132 Å². The zero-order valence-corrected chi connectivity index (χ0v) is 13.6. The molecule has 1 atom stereocenters. The summed E-state index contributed by atoms with van der Waals surface area (Å²) in [5.41, 5.74) is 0. The van der Waals surface area contributed by atoms with Gasteiger partial charge < -0.3 is 5.11 Å². The van der Waals surface area contributed by atoms with Gasteiger partial charge in [0.25, 0.3) is 0 Å². The molecule has 0 radical (unpaired) electrons. The van der Waals surface area contributed by atoms with Crippen molar-refractivity contribution in [1.29, 1.82) is 0 Å². The van der Waals surface area contributed by atoms with Gasteiger partial charge in [-0.15, -0.1) is 0 Å². The molecule has 1 saturated carbocycles. The number of alkyl halides is 1. The summed E-state index contributed by atoms with van der Waals surface area (Å²) in [7, 11) is 0. The molecule has 4 heteroatoms. The molecule has 1 unspecified atom stereocenters. The van der Waals surface area contributed by atoms with Gasteiger partial charge in [0, 0.05) is 0 Å². The van der Waals surface area contributed by atoms with Crippen molar-refractivity contribution in [2.45, 2.75) is 75.6 Å². The molecular formula is C14H24BrLiO2. The Morgan fingerprint density at radius 2 is 1.72 bits per heavy atom. The molecule has 0 amide bonds. The third kappa shape index (κ3) is 5.37. The zero-order chi connectivity index (χ0) is 12.9. The van der Waals surface area contributed by atoms with Crippen molar-refractivity contribution in [3.8, 4) is 0 Å². The van der Waals surface area contributed by atoms with Gasteiger partial charge in [-0.2, -0.15) is 0 Å². The summed E-state index contributed by atoms with van der Waals surface area (Å²) in [5.74, 6) is 0.0459. The number of halogens is 1. The maximum atomic E-state index is 12.3. The van der Waals surface area contributed by atoms with Crippen LogP contribution in [0.15, 0.2) is 0 Å². The van der Waals surface area contributed by atoms with Crippen molar-refractivity contribution in [2.75, 3.05) is 0 Å². The van der Waals surface area contributed by atoms with Crippen molar-refractivity contribution >= 4 is 21.7 Å². The molecule has 1 aliphatic rings. The molecule has 1 aliphatic carbocycles. The molecule has 0 aromatic carbocycles. The fourth-order valence-corrected chi connectivity index (χ4v) is 2.94. The number of ketones is 1. The van der Waals surface area contributed by atoms with E-state index in [0.29, 0.717) is 0 Å². The van der Waals surface area contributed by atoms with Gasteiger partial charge in [-0.3, -0.25) is 4.79 Å². The van der Waals surface area contributed by atoms with Crippen LogP contribution in [-0.2, 0) is 4.79 Å². The maximum absolute atomic E-state index is 12.3. The summed E-state index contributed by atoms with van der Waals surface area (Å²) in [4.78, 5) is 12.3. The molecule has 0 spiro atoms. The van der Waals surface area contributed by atoms with E-state index in [1.54, 1.807) is 0 Å². The minimum absolute atomic E-state index is 0. The van der Waals surface area contributed by atoms with Crippen LogP contribution < -0.4 is 24.0 Å². The van der Waals surface area contributed by atoms with Crippen LogP contribution in [-0.4, -0.2) is 16.2 Å². The summed E-state index contributed by atoms with van der Waals surface area (Å²) in [6, 6.07) is 0. The Balaban J connectivity index is 0.00000289. The summed E-state index contributed by atoms with van der Waals surface area (Å²) >= 11 is 3.60. The predicted octanol–water partition coefficient (Wildman–Crippen LogP) is 0.213. The Bertz CT molecular complexity index is 246. The summed E-state index contributed by atoms with van der Waals surface area (Å²) in [5, 5.41) is 12.0. The number of hydrogen-bond donors (Lipinski definition) is 0. The molecule has 0 aromatic rings. The number of hydrogen-bond acceptors (Lipinski definition) is 2. The van der Waals surface area contributed by atoms with Gasteiger partial charge in [-0.1, -0.05) is 74.4 Å². The molecule has 0 aromatic heterocycles. The van der Waals surface area contributed by atoms with Gasteiger partial charge in [-0.25, -0.2) is 0 Å². The molecule has 0 bridgehead atoms. The smallest absolute Gasteiger partial charge is 0.846 e. The minimum Gasteiger partial charge on any atom is -0.846 e. The first-order chi connectivity index (χ1) is 8.05. The molecule has 100 valence electrons. The summed E-state index contributed by atoms with van der Waals surface area (Å²) < 4.78 is -0.534. The SMILES string of the molecule is CCCCC(Br)(CCCC)C(=O)C([O-])C1CC1.[Li+]. The normalized spacial score (nSPS) is 17.1. The van der Waals surface area contributed by atoms with Crippen molar-refractivity contribution in [3.05, 3.63) is 0 Å². The zero-order valence-electron chi connectivity index (χ0n) is 12.0. The van der Waals surface area contributed by atoms with Gasteiger partial charge in [-0.05, 0) is 18.8 Å². The quantitative estimate of drug-likeness (QED) is 0.451. The van der Waals surface area contributed by atoms with Gasteiger partial charge in [0.2, 0.25) is 0 Å². The van der Waals surface area contributed by atoms with Crippen LogP contribution in [0.1, 0.15) is 65.2 Å². The van der Waals surface area contributed by atoms with Crippen LogP contribution in [0.5, 0.6) is 0 Å². The number of unbranched alkanes of at least 4 members (excludes halogenated alkanes) is 2. The van der Waals surface area contributed by atoms with Crippen LogP contribution in [0.2, 0.25) is 0 Å². The largest absolute Gasteiger partial charge is 1.00 e. The van der Waals surface area contributed by atoms with Crippen molar-refractivity contribution in [3.63, 3.8) is 0 Å². The van der Waals surface area contributed by atoms with E-state index in [9.17, 15) is 9.90 Å². The van der Waals surface area contributed by atoms with Crippen LogP contribution in [0, 0.1) is 5.92 Å². The van der Waals surface area contributed by atoms with E-state index >= 15 is 0 Å². The summed E-state index contributed by atoms with van der Waals surface area (Å²) in [6.45, 7) is 4.24. The van der Waals surface area contributed by atoms with Gasteiger partial charge in [0.05, 0.1) is 4.32 Å². The van der Waals surface area contributed by atoms with E-state index < -0.39 is 10.4 Å². The Kier molecular flexibility index (Phi) is 9.14. The van der Waals surface area contributed by atoms with E-state index in [2.05, 4.69) is 29.8 Å². The molecule has 0 saturated heterocycles. The second-order valence-electron chi connectivity index (χ2n) is 5.29. The van der Waals surface area contributed by atoms with Crippen LogP contribution in [0.4, 0.5) is 0 Å². The number of carbonyl (C=O) groups is 1. The maximum Gasteiger partial charge on any atom is 1.00 e. The predicted molar refractivity (Wildman–Crippen MR) is 72.2 cm³/mol. The number of rotatable bonds is 9. The first-order valence-corrected chi connectivity index (χ1v) is 7.73. The Hall–Kier alpha value is 0.707. The molecule has 18 heavy (non-hydrogen) atoms. The first-order valence-electron chi connectivity index (χ1n) is 6.94. The van der Waals surface area contributed by atoms with Crippen LogP contribution in [0.25, 0.3) is 0 Å². The second kappa shape index (κ2) is 8.79. The standard InChI is InChI=1S/C14H24BrO2.Li/c1-3-5-9-14(15,10-6-4-2)13(17)12(16)11-7-8-11;/h11-12H,3-10H2,1-2H3;/q-1;+1. The average molecular weight is 311 g/mol. The van der Waals surface area contributed by atoms with Crippen molar-refractivity contribution in [1.82, 2.24) is 0 Å².